The highest BCUT2D eigenvalue weighted by Crippen LogP contribution is 2.26. The summed E-state index contributed by atoms with van der Waals surface area (Å²) in [7, 11) is 0. The number of nitrogens with zero attached hydrogens (tertiary/aromatic N) is 3. The fourth-order valence-corrected chi connectivity index (χ4v) is 1.98. The lowest BCUT2D eigenvalue weighted by Gasteiger charge is -2.11. The zero-order valence-electron chi connectivity index (χ0n) is 11.9. The van der Waals surface area contributed by atoms with Gasteiger partial charge in [0.05, 0.1) is 22.3 Å². The second kappa shape index (κ2) is 6.91. The number of aryl methyl sites for hydroxylation is 1. The summed E-state index contributed by atoms with van der Waals surface area (Å²) in [6, 6.07) is 8.97. The number of aromatic nitrogens is 2. The van der Waals surface area contributed by atoms with Gasteiger partial charge in [-0.3, -0.25) is 0 Å². The van der Waals surface area contributed by atoms with Crippen molar-refractivity contribution in [3.8, 4) is 6.07 Å². The second-order valence-corrected chi connectivity index (χ2v) is 4.78. The van der Waals surface area contributed by atoms with Crippen molar-refractivity contribution in [1.82, 2.24) is 9.97 Å². The Morgan fingerprint density at radius 1 is 1.19 bits per heavy atom. The van der Waals surface area contributed by atoms with Gasteiger partial charge in [0.2, 0.25) is 0 Å². The first kappa shape index (κ1) is 15.1. The molecule has 2 rings (SSSR count). The molecular formula is C15H16ClN5. The van der Waals surface area contributed by atoms with Gasteiger partial charge in [-0.15, -0.1) is 0 Å². The Morgan fingerprint density at radius 2 is 1.95 bits per heavy atom. The first-order valence-electron chi connectivity index (χ1n) is 6.74. The quantitative estimate of drug-likeness (QED) is 0.880. The molecule has 1 aromatic carbocycles. The average Bonchev–Trinajstić information content (AvgIpc) is 2.49. The molecule has 6 heteroatoms. The highest BCUT2D eigenvalue weighted by atomic mass is 35.5. The molecule has 0 aliphatic carbocycles. The van der Waals surface area contributed by atoms with E-state index in [1.165, 1.54) is 0 Å². The molecule has 0 bridgehead atoms. The number of hydrogen-bond donors (Lipinski definition) is 2. The highest BCUT2D eigenvalue weighted by Gasteiger charge is 2.07. The second-order valence-electron chi connectivity index (χ2n) is 4.37. The summed E-state index contributed by atoms with van der Waals surface area (Å²) in [4.78, 5) is 8.81. The first-order valence-corrected chi connectivity index (χ1v) is 7.12. The minimum absolute atomic E-state index is 0.538. The van der Waals surface area contributed by atoms with Crippen LogP contribution >= 0.6 is 11.6 Å². The van der Waals surface area contributed by atoms with E-state index in [0.717, 1.165) is 24.6 Å². The van der Waals surface area contributed by atoms with Crippen molar-refractivity contribution in [3.63, 3.8) is 0 Å². The molecule has 1 heterocycles. The van der Waals surface area contributed by atoms with Crippen molar-refractivity contribution in [2.45, 2.75) is 20.3 Å². The van der Waals surface area contributed by atoms with Gasteiger partial charge in [0.25, 0.3) is 0 Å². The van der Waals surface area contributed by atoms with E-state index in [2.05, 4.69) is 26.7 Å². The van der Waals surface area contributed by atoms with Crippen LogP contribution in [0.3, 0.4) is 0 Å². The van der Waals surface area contributed by atoms with Gasteiger partial charge in [-0.2, -0.15) is 5.26 Å². The summed E-state index contributed by atoms with van der Waals surface area (Å²) in [6.45, 7) is 4.79. The Kier molecular flexibility index (Phi) is 4.96. The van der Waals surface area contributed by atoms with Crippen LogP contribution < -0.4 is 10.6 Å². The van der Waals surface area contributed by atoms with E-state index in [1.807, 2.05) is 19.9 Å². The average molecular weight is 302 g/mol. The summed E-state index contributed by atoms with van der Waals surface area (Å²) >= 11 is 6.15. The molecule has 0 aliphatic heterocycles. The summed E-state index contributed by atoms with van der Waals surface area (Å²) in [5.41, 5.74) is 1.19. The number of nitriles is 1. The molecule has 0 radical (unpaired) electrons. The van der Waals surface area contributed by atoms with E-state index >= 15 is 0 Å². The molecule has 0 spiro atoms. The zero-order valence-corrected chi connectivity index (χ0v) is 12.7. The van der Waals surface area contributed by atoms with Crippen LogP contribution in [0.4, 0.5) is 17.3 Å². The predicted octanol–water partition coefficient (Wildman–Crippen LogP) is 3.74. The van der Waals surface area contributed by atoms with E-state index in [0.29, 0.717) is 22.1 Å². The molecule has 5 nitrogen and oxygen atoms in total. The minimum atomic E-state index is 0.538. The largest absolute Gasteiger partial charge is 0.370 e. The summed E-state index contributed by atoms with van der Waals surface area (Å²) in [5, 5.41) is 15.8. The lowest BCUT2D eigenvalue weighted by Crippen LogP contribution is -2.05. The van der Waals surface area contributed by atoms with Crippen molar-refractivity contribution in [2.24, 2.45) is 0 Å². The molecular weight excluding hydrogens is 286 g/mol. The molecule has 0 atom stereocenters. The van der Waals surface area contributed by atoms with Gasteiger partial charge in [0.1, 0.15) is 17.5 Å². The number of nitrogens with one attached hydrogen (secondary N) is 2. The third-order valence-electron chi connectivity index (χ3n) is 2.80. The van der Waals surface area contributed by atoms with E-state index in [-0.39, 0.29) is 0 Å². The maximum Gasteiger partial charge on any atom is 0.136 e. The maximum absolute atomic E-state index is 8.96. The molecule has 0 unspecified atom stereocenters. The number of benzene rings is 1. The Balaban J connectivity index is 2.34. The van der Waals surface area contributed by atoms with Crippen LogP contribution in [-0.2, 0) is 6.42 Å². The molecule has 2 aromatic rings. The van der Waals surface area contributed by atoms with Crippen LogP contribution in [0.5, 0.6) is 0 Å². The van der Waals surface area contributed by atoms with Crippen molar-refractivity contribution in [1.29, 1.82) is 5.26 Å². The zero-order chi connectivity index (χ0) is 15.2. The van der Waals surface area contributed by atoms with Gasteiger partial charge in [-0.1, -0.05) is 18.5 Å². The molecule has 1 aromatic heterocycles. The Morgan fingerprint density at radius 3 is 2.62 bits per heavy atom. The standard InChI is InChI=1S/C15H16ClN5/c1-3-13-20-14(18-4-2)8-15(21-13)19-12-7-10(9-17)5-6-11(12)16/h5-8H,3-4H2,1-2H3,(H2,18,19,20,21). The maximum atomic E-state index is 8.96. The van der Waals surface area contributed by atoms with Crippen molar-refractivity contribution < 1.29 is 0 Å². The van der Waals surface area contributed by atoms with Gasteiger partial charge < -0.3 is 10.6 Å². The van der Waals surface area contributed by atoms with Crippen LogP contribution in [0.25, 0.3) is 0 Å². The van der Waals surface area contributed by atoms with Crippen LogP contribution in [0.2, 0.25) is 5.02 Å². The smallest absolute Gasteiger partial charge is 0.136 e. The van der Waals surface area contributed by atoms with E-state index < -0.39 is 0 Å². The van der Waals surface area contributed by atoms with Crippen molar-refractivity contribution >= 4 is 28.9 Å². The number of rotatable bonds is 5. The van der Waals surface area contributed by atoms with Crippen LogP contribution in [0, 0.1) is 11.3 Å². The van der Waals surface area contributed by atoms with Gasteiger partial charge >= 0.3 is 0 Å². The lowest BCUT2D eigenvalue weighted by atomic mass is 10.2. The Hall–Kier alpha value is -2.32. The molecule has 0 aliphatic rings. The van der Waals surface area contributed by atoms with Crippen LogP contribution in [-0.4, -0.2) is 16.5 Å². The lowest BCUT2D eigenvalue weighted by molar-refractivity contribution is 0.939. The first-order chi connectivity index (χ1) is 10.2. The topological polar surface area (TPSA) is 73.6 Å². The Labute approximate surface area is 129 Å². The fraction of sp³-hybridized carbons (Fsp3) is 0.267. The van der Waals surface area contributed by atoms with Gasteiger partial charge in [-0.25, -0.2) is 9.97 Å². The molecule has 0 saturated heterocycles. The highest BCUT2D eigenvalue weighted by molar-refractivity contribution is 6.33. The Bertz CT molecular complexity index is 678. The van der Waals surface area contributed by atoms with Gasteiger partial charge in [0.15, 0.2) is 0 Å². The monoisotopic (exact) mass is 301 g/mol. The SMILES string of the molecule is CCNc1cc(Nc2cc(C#N)ccc2Cl)nc(CC)n1. The summed E-state index contributed by atoms with van der Waals surface area (Å²) in [6.07, 6.45) is 0.736. The van der Waals surface area contributed by atoms with E-state index in [4.69, 9.17) is 16.9 Å². The van der Waals surface area contributed by atoms with Crippen LogP contribution in [0.15, 0.2) is 24.3 Å². The molecule has 108 valence electrons. The molecule has 0 amide bonds. The molecule has 0 saturated carbocycles. The van der Waals surface area contributed by atoms with Crippen molar-refractivity contribution in [3.05, 3.63) is 40.7 Å². The summed E-state index contributed by atoms with van der Waals surface area (Å²) in [5.74, 6) is 2.15. The molecule has 0 fully saturated rings. The number of hydrogen-bond acceptors (Lipinski definition) is 5. The molecule has 21 heavy (non-hydrogen) atoms. The third-order valence-corrected chi connectivity index (χ3v) is 3.13. The number of anilines is 3. The predicted molar refractivity (Wildman–Crippen MR) is 85.0 cm³/mol. The van der Waals surface area contributed by atoms with E-state index in [1.54, 1.807) is 18.2 Å². The summed E-state index contributed by atoms with van der Waals surface area (Å²) < 4.78 is 0. The van der Waals surface area contributed by atoms with Crippen LogP contribution in [0.1, 0.15) is 25.2 Å². The number of halogens is 1. The van der Waals surface area contributed by atoms with Crippen molar-refractivity contribution in [2.75, 3.05) is 17.2 Å². The normalized spacial score (nSPS) is 10.0. The third kappa shape index (κ3) is 3.83. The van der Waals surface area contributed by atoms with E-state index in [9.17, 15) is 0 Å². The molecule has 2 N–H and O–H groups in total. The fourth-order valence-electron chi connectivity index (χ4n) is 1.82. The minimum Gasteiger partial charge on any atom is -0.370 e. The van der Waals surface area contributed by atoms with Gasteiger partial charge in [0, 0.05) is 19.0 Å². The van der Waals surface area contributed by atoms with Gasteiger partial charge in [-0.05, 0) is 25.1 Å².